The number of methoxy groups -OCH3 is 2. The first kappa shape index (κ1) is 19.8. The molecule has 1 aliphatic heterocycles. The first-order valence-corrected chi connectivity index (χ1v) is 10.2. The summed E-state index contributed by atoms with van der Waals surface area (Å²) in [5.74, 6) is 0.387. The number of nitrogens with zero attached hydrogens (tertiary/aromatic N) is 1. The number of hydrogen-bond acceptors (Lipinski definition) is 6. The highest BCUT2D eigenvalue weighted by Crippen LogP contribution is 2.31. The molecule has 0 bridgehead atoms. The van der Waals surface area contributed by atoms with Gasteiger partial charge in [0.25, 0.3) is 0 Å². The van der Waals surface area contributed by atoms with Gasteiger partial charge in [0.2, 0.25) is 10.0 Å². The molecule has 1 aliphatic rings. The molecule has 1 aromatic rings. The number of anilines is 2. The van der Waals surface area contributed by atoms with Crippen molar-refractivity contribution in [1.82, 2.24) is 0 Å². The Bertz CT molecular complexity index is 630. The van der Waals surface area contributed by atoms with E-state index in [1.807, 2.05) is 12.1 Å². The molecular weight excluding hydrogens is 344 g/mol. The maximum Gasteiger partial charge on any atom is 0.235 e. The van der Waals surface area contributed by atoms with Crippen LogP contribution in [0.5, 0.6) is 5.75 Å². The SMILES string of the molecule is COCCOCCS(=O)(=O)Nc1cc(N2CCCCC2)ccc1OC. The van der Waals surface area contributed by atoms with Crippen LogP contribution in [0.3, 0.4) is 0 Å². The fourth-order valence-electron chi connectivity index (χ4n) is 2.76. The number of piperidine rings is 1. The third-order valence-corrected chi connectivity index (χ3v) is 5.33. The van der Waals surface area contributed by atoms with Gasteiger partial charge in [-0.3, -0.25) is 4.72 Å². The van der Waals surface area contributed by atoms with Crippen LogP contribution in [-0.2, 0) is 19.5 Å². The molecule has 0 aromatic heterocycles. The van der Waals surface area contributed by atoms with E-state index in [4.69, 9.17) is 14.2 Å². The minimum atomic E-state index is -3.52. The quantitative estimate of drug-likeness (QED) is 0.634. The number of sulfonamides is 1. The third kappa shape index (κ3) is 6.37. The van der Waals surface area contributed by atoms with E-state index < -0.39 is 10.0 Å². The summed E-state index contributed by atoms with van der Waals surface area (Å²) in [4.78, 5) is 2.27. The fraction of sp³-hybridized carbons (Fsp3) is 0.647. The Labute approximate surface area is 150 Å². The zero-order valence-electron chi connectivity index (χ0n) is 15.0. The minimum Gasteiger partial charge on any atom is -0.495 e. The van der Waals surface area contributed by atoms with Gasteiger partial charge in [-0.15, -0.1) is 0 Å². The Kier molecular flexibility index (Phi) is 7.80. The Balaban J connectivity index is 2.03. The molecule has 7 nitrogen and oxygen atoms in total. The average molecular weight is 372 g/mol. The molecule has 0 spiro atoms. The molecule has 0 amide bonds. The summed E-state index contributed by atoms with van der Waals surface area (Å²) in [5.41, 5.74) is 1.47. The molecule has 8 heteroatoms. The van der Waals surface area contributed by atoms with Gasteiger partial charge in [-0.05, 0) is 37.5 Å². The summed E-state index contributed by atoms with van der Waals surface area (Å²) < 4.78 is 42.6. The van der Waals surface area contributed by atoms with Gasteiger partial charge in [0.1, 0.15) is 5.75 Å². The lowest BCUT2D eigenvalue weighted by molar-refractivity contribution is 0.0785. The minimum absolute atomic E-state index is 0.117. The van der Waals surface area contributed by atoms with Gasteiger partial charge in [0.05, 0.1) is 38.4 Å². The Morgan fingerprint density at radius 2 is 1.84 bits per heavy atom. The van der Waals surface area contributed by atoms with Crippen LogP contribution in [0.1, 0.15) is 19.3 Å². The van der Waals surface area contributed by atoms with Crippen molar-refractivity contribution in [2.45, 2.75) is 19.3 Å². The molecule has 0 unspecified atom stereocenters. The Hall–Kier alpha value is -1.51. The lowest BCUT2D eigenvalue weighted by Gasteiger charge is -2.29. The maximum atomic E-state index is 12.3. The average Bonchev–Trinajstić information content (AvgIpc) is 2.62. The van der Waals surface area contributed by atoms with Gasteiger partial charge in [-0.1, -0.05) is 0 Å². The second-order valence-electron chi connectivity index (χ2n) is 5.96. The largest absolute Gasteiger partial charge is 0.495 e. The van der Waals surface area contributed by atoms with Crippen LogP contribution in [0.15, 0.2) is 18.2 Å². The van der Waals surface area contributed by atoms with E-state index in [0.29, 0.717) is 24.7 Å². The summed E-state index contributed by atoms with van der Waals surface area (Å²) in [7, 11) is -0.414. The van der Waals surface area contributed by atoms with Crippen LogP contribution in [0, 0.1) is 0 Å². The van der Waals surface area contributed by atoms with Gasteiger partial charge in [-0.25, -0.2) is 8.42 Å². The van der Waals surface area contributed by atoms with Gasteiger partial charge >= 0.3 is 0 Å². The predicted molar refractivity (Wildman–Crippen MR) is 99.2 cm³/mol. The van der Waals surface area contributed by atoms with E-state index >= 15 is 0 Å². The summed E-state index contributed by atoms with van der Waals surface area (Å²) in [6.07, 6.45) is 3.56. The van der Waals surface area contributed by atoms with E-state index in [0.717, 1.165) is 31.6 Å². The van der Waals surface area contributed by atoms with Crippen molar-refractivity contribution >= 4 is 21.4 Å². The van der Waals surface area contributed by atoms with Crippen molar-refractivity contribution in [3.63, 3.8) is 0 Å². The summed E-state index contributed by atoms with van der Waals surface area (Å²) in [5, 5.41) is 0. The molecule has 1 saturated heterocycles. The number of ether oxygens (including phenoxy) is 3. The second kappa shape index (κ2) is 9.84. The predicted octanol–water partition coefficient (Wildman–Crippen LogP) is 2.09. The maximum absolute atomic E-state index is 12.3. The lowest BCUT2D eigenvalue weighted by atomic mass is 10.1. The van der Waals surface area contributed by atoms with Crippen molar-refractivity contribution in [2.24, 2.45) is 0 Å². The highest BCUT2D eigenvalue weighted by molar-refractivity contribution is 7.92. The standard InChI is InChI=1S/C17H28N2O5S/c1-22-10-11-24-12-13-25(20,21)18-16-14-15(6-7-17(16)23-2)19-8-4-3-5-9-19/h6-7,14,18H,3-5,8-13H2,1-2H3. The lowest BCUT2D eigenvalue weighted by Crippen LogP contribution is -2.29. The van der Waals surface area contributed by atoms with Crippen molar-refractivity contribution in [2.75, 3.05) is 62.5 Å². The molecule has 1 aromatic carbocycles. The molecule has 0 radical (unpaired) electrons. The monoisotopic (exact) mass is 372 g/mol. The molecule has 0 aliphatic carbocycles. The van der Waals surface area contributed by atoms with E-state index in [1.54, 1.807) is 13.2 Å². The highest BCUT2D eigenvalue weighted by atomic mass is 32.2. The number of hydrogen-bond donors (Lipinski definition) is 1. The number of rotatable bonds is 10. The van der Waals surface area contributed by atoms with Crippen LogP contribution < -0.4 is 14.4 Å². The molecule has 1 N–H and O–H groups in total. The van der Waals surface area contributed by atoms with E-state index in [1.165, 1.54) is 13.5 Å². The van der Waals surface area contributed by atoms with Crippen molar-refractivity contribution in [1.29, 1.82) is 0 Å². The Morgan fingerprint density at radius 3 is 2.52 bits per heavy atom. The third-order valence-electron chi connectivity index (χ3n) is 4.10. The fourth-order valence-corrected chi connectivity index (χ4v) is 3.69. The molecule has 25 heavy (non-hydrogen) atoms. The molecular formula is C17H28N2O5S. The van der Waals surface area contributed by atoms with Crippen LogP contribution >= 0.6 is 0 Å². The molecule has 142 valence electrons. The number of benzene rings is 1. The van der Waals surface area contributed by atoms with Crippen molar-refractivity contribution in [3.05, 3.63) is 18.2 Å². The Morgan fingerprint density at radius 1 is 1.08 bits per heavy atom. The van der Waals surface area contributed by atoms with Crippen LogP contribution in [0.4, 0.5) is 11.4 Å². The molecule has 2 rings (SSSR count). The molecule has 1 fully saturated rings. The zero-order valence-corrected chi connectivity index (χ0v) is 15.8. The first-order chi connectivity index (χ1) is 12.1. The molecule has 1 heterocycles. The summed E-state index contributed by atoms with van der Waals surface area (Å²) >= 11 is 0. The number of nitrogens with one attached hydrogen (secondary N) is 1. The van der Waals surface area contributed by atoms with Gasteiger partial charge in [0, 0.05) is 25.9 Å². The summed E-state index contributed by atoms with van der Waals surface area (Å²) in [6.45, 7) is 2.92. The van der Waals surface area contributed by atoms with E-state index in [-0.39, 0.29) is 12.4 Å². The van der Waals surface area contributed by atoms with Crippen molar-refractivity contribution in [3.8, 4) is 5.75 Å². The first-order valence-electron chi connectivity index (χ1n) is 8.56. The van der Waals surface area contributed by atoms with Gasteiger partial charge < -0.3 is 19.1 Å². The van der Waals surface area contributed by atoms with Crippen LogP contribution in [0.25, 0.3) is 0 Å². The smallest absolute Gasteiger partial charge is 0.235 e. The van der Waals surface area contributed by atoms with Crippen LogP contribution in [0.2, 0.25) is 0 Å². The topological polar surface area (TPSA) is 77.1 Å². The zero-order chi connectivity index (χ0) is 18.1. The molecule has 0 atom stereocenters. The molecule has 0 saturated carbocycles. The van der Waals surface area contributed by atoms with E-state index in [9.17, 15) is 8.42 Å². The van der Waals surface area contributed by atoms with E-state index in [2.05, 4.69) is 9.62 Å². The highest BCUT2D eigenvalue weighted by Gasteiger charge is 2.17. The van der Waals surface area contributed by atoms with Crippen LogP contribution in [-0.4, -0.2) is 61.3 Å². The summed E-state index contributed by atoms with van der Waals surface area (Å²) in [6, 6.07) is 5.61. The second-order valence-corrected chi connectivity index (χ2v) is 7.80. The van der Waals surface area contributed by atoms with Gasteiger partial charge in [-0.2, -0.15) is 0 Å². The van der Waals surface area contributed by atoms with Gasteiger partial charge in [0.15, 0.2) is 0 Å². The van der Waals surface area contributed by atoms with Crippen molar-refractivity contribution < 1.29 is 22.6 Å². The normalized spacial score (nSPS) is 15.2.